The highest BCUT2D eigenvalue weighted by Gasteiger charge is 2.27. The van der Waals surface area contributed by atoms with Crippen molar-refractivity contribution in [1.29, 1.82) is 0 Å². The molecule has 1 aromatic heterocycles. The van der Waals surface area contributed by atoms with Crippen LogP contribution >= 0.6 is 0 Å². The number of aryl methyl sites for hydroxylation is 1. The number of fused-ring (bicyclic) bond motifs is 1. The number of piperidine rings is 1. The number of carbonyl (C=O) groups is 1. The molecule has 0 amide bonds. The van der Waals surface area contributed by atoms with Crippen LogP contribution in [0.3, 0.4) is 0 Å². The number of nitrogens with one attached hydrogen (secondary N) is 1. The molecule has 0 unspecified atom stereocenters. The lowest BCUT2D eigenvalue weighted by Crippen LogP contribution is -2.35. The standard InChI is InChI=1S/C22H25F3N4O2/c23-22(24,25)7-1-2-17-13-27-20(16-3-4-19-18(12-16)26-8-11-31-19)21(28-17)29-9-5-15(14-30)6-10-29/h3-4,12-15,26H,1-2,5-11H2. The van der Waals surface area contributed by atoms with Gasteiger partial charge in [0.1, 0.15) is 24.3 Å². The average molecular weight is 434 g/mol. The Kier molecular flexibility index (Phi) is 6.29. The predicted molar refractivity (Wildman–Crippen MR) is 111 cm³/mol. The summed E-state index contributed by atoms with van der Waals surface area (Å²) in [5.41, 5.74) is 2.96. The minimum atomic E-state index is -4.18. The van der Waals surface area contributed by atoms with Gasteiger partial charge in [0.2, 0.25) is 0 Å². The van der Waals surface area contributed by atoms with Crippen LogP contribution in [0.4, 0.5) is 24.7 Å². The fraction of sp³-hybridized carbons (Fsp3) is 0.500. The number of aromatic nitrogens is 2. The van der Waals surface area contributed by atoms with E-state index in [0.29, 0.717) is 43.4 Å². The molecule has 9 heteroatoms. The quantitative estimate of drug-likeness (QED) is 0.686. The number of hydrogen-bond donors (Lipinski definition) is 1. The first-order valence-corrected chi connectivity index (χ1v) is 10.6. The van der Waals surface area contributed by atoms with Gasteiger partial charge in [-0.05, 0) is 43.9 Å². The summed E-state index contributed by atoms with van der Waals surface area (Å²) in [7, 11) is 0. The number of benzene rings is 1. The Balaban J connectivity index is 1.63. The van der Waals surface area contributed by atoms with Gasteiger partial charge in [-0.15, -0.1) is 0 Å². The van der Waals surface area contributed by atoms with Gasteiger partial charge in [-0.1, -0.05) is 0 Å². The molecule has 1 fully saturated rings. The molecule has 0 radical (unpaired) electrons. The lowest BCUT2D eigenvalue weighted by molar-refractivity contribution is -0.135. The van der Waals surface area contributed by atoms with Gasteiger partial charge in [0, 0.05) is 43.7 Å². The molecule has 2 aliphatic rings. The van der Waals surface area contributed by atoms with E-state index in [1.165, 1.54) is 0 Å². The highest BCUT2D eigenvalue weighted by molar-refractivity contribution is 5.77. The van der Waals surface area contributed by atoms with Crippen molar-refractivity contribution in [2.24, 2.45) is 5.92 Å². The molecule has 0 aliphatic carbocycles. The summed E-state index contributed by atoms with van der Waals surface area (Å²) in [6, 6.07) is 5.77. The minimum absolute atomic E-state index is 0.0235. The third kappa shape index (κ3) is 5.26. The topological polar surface area (TPSA) is 67.4 Å². The smallest absolute Gasteiger partial charge is 0.389 e. The van der Waals surface area contributed by atoms with E-state index in [4.69, 9.17) is 9.72 Å². The van der Waals surface area contributed by atoms with E-state index in [1.54, 1.807) is 6.20 Å². The number of ether oxygens (including phenoxy) is 1. The van der Waals surface area contributed by atoms with Crippen molar-refractivity contribution >= 4 is 17.8 Å². The van der Waals surface area contributed by atoms with Crippen molar-refractivity contribution in [3.05, 3.63) is 30.1 Å². The van der Waals surface area contributed by atoms with E-state index < -0.39 is 12.6 Å². The van der Waals surface area contributed by atoms with Crippen LogP contribution in [0, 0.1) is 5.92 Å². The fourth-order valence-corrected chi connectivity index (χ4v) is 3.96. The summed E-state index contributed by atoms with van der Waals surface area (Å²) < 4.78 is 43.2. The van der Waals surface area contributed by atoms with Gasteiger partial charge in [0.25, 0.3) is 0 Å². The Morgan fingerprint density at radius 3 is 2.81 bits per heavy atom. The second-order valence-corrected chi connectivity index (χ2v) is 7.95. The van der Waals surface area contributed by atoms with Crippen LogP contribution in [0.1, 0.15) is 31.4 Å². The molecule has 0 atom stereocenters. The number of hydrogen-bond acceptors (Lipinski definition) is 6. The molecule has 3 heterocycles. The van der Waals surface area contributed by atoms with E-state index in [1.807, 2.05) is 18.2 Å². The lowest BCUT2D eigenvalue weighted by Gasteiger charge is -2.32. The van der Waals surface area contributed by atoms with Gasteiger partial charge in [-0.3, -0.25) is 4.98 Å². The number of halogens is 3. The molecule has 6 nitrogen and oxygen atoms in total. The number of nitrogens with zero attached hydrogens (tertiary/aromatic N) is 3. The Morgan fingerprint density at radius 1 is 1.26 bits per heavy atom. The van der Waals surface area contributed by atoms with Crippen molar-refractivity contribution in [3.8, 4) is 17.0 Å². The SMILES string of the molecule is O=CC1CCN(c2nc(CCCC(F)(F)F)cnc2-c2ccc3c(c2)NCCO3)CC1. The summed E-state index contributed by atoms with van der Waals surface area (Å²) in [6.07, 6.45) is -0.818. The van der Waals surface area contributed by atoms with Gasteiger partial charge in [-0.2, -0.15) is 13.2 Å². The second kappa shape index (κ2) is 9.11. The first-order chi connectivity index (χ1) is 14.9. The van der Waals surface area contributed by atoms with Gasteiger partial charge in [0.15, 0.2) is 5.82 Å². The molecule has 1 aromatic carbocycles. The largest absolute Gasteiger partial charge is 0.490 e. The van der Waals surface area contributed by atoms with E-state index in [0.717, 1.165) is 36.1 Å². The second-order valence-electron chi connectivity index (χ2n) is 7.95. The summed E-state index contributed by atoms with van der Waals surface area (Å²) in [5, 5.41) is 3.31. The monoisotopic (exact) mass is 434 g/mol. The van der Waals surface area contributed by atoms with Crippen molar-refractivity contribution in [1.82, 2.24) is 9.97 Å². The number of rotatable bonds is 6. The molecule has 0 spiro atoms. The predicted octanol–water partition coefficient (Wildman–Crippen LogP) is 4.25. The van der Waals surface area contributed by atoms with Crippen molar-refractivity contribution < 1.29 is 22.7 Å². The van der Waals surface area contributed by atoms with E-state index in [2.05, 4.69) is 15.2 Å². The van der Waals surface area contributed by atoms with Crippen molar-refractivity contribution in [2.75, 3.05) is 36.5 Å². The summed E-state index contributed by atoms with van der Waals surface area (Å²) in [6.45, 7) is 2.63. The van der Waals surface area contributed by atoms with Gasteiger partial charge >= 0.3 is 6.18 Å². The number of anilines is 2. The minimum Gasteiger partial charge on any atom is -0.490 e. The summed E-state index contributed by atoms with van der Waals surface area (Å²) in [4.78, 5) is 22.5. The van der Waals surface area contributed by atoms with Gasteiger partial charge in [-0.25, -0.2) is 4.98 Å². The van der Waals surface area contributed by atoms with Gasteiger partial charge < -0.3 is 19.7 Å². The zero-order valence-electron chi connectivity index (χ0n) is 17.1. The van der Waals surface area contributed by atoms with Crippen LogP contribution < -0.4 is 15.0 Å². The van der Waals surface area contributed by atoms with Crippen LogP contribution in [0.25, 0.3) is 11.3 Å². The fourth-order valence-electron chi connectivity index (χ4n) is 3.96. The third-order valence-electron chi connectivity index (χ3n) is 5.66. The average Bonchev–Trinajstić information content (AvgIpc) is 2.78. The van der Waals surface area contributed by atoms with Crippen molar-refractivity contribution in [3.63, 3.8) is 0 Å². The first kappa shape index (κ1) is 21.4. The van der Waals surface area contributed by atoms with Crippen LogP contribution in [0.5, 0.6) is 5.75 Å². The maximum atomic E-state index is 12.5. The molecular weight excluding hydrogens is 409 g/mol. The summed E-state index contributed by atoms with van der Waals surface area (Å²) >= 11 is 0. The Morgan fingerprint density at radius 2 is 2.06 bits per heavy atom. The number of carbonyl (C=O) groups excluding carboxylic acids is 1. The first-order valence-electron chi connectivity index (χ1n) is 10.6. The molecule has 2 aromatic rings. The Bertz CT molecular complexity index is 927. The maximum absolute atomic E-state index is 12.5. The molecule has 4 rings (SSSR count). The van der Waals surface area contributed by atoms with Crippen LogP contribution in [-0.4, -0.2) is 48.7 Å². The molecule has 1 N–H and O–H groups in total. The van der Waals surface area contributed by atoms with Crippen LogP contribution in [0.15, 0.2) is 24.4 Å². The van der Waals surface area contributed by atoms with E-state index in [9.17, 15) is 18.0 Å². The molecule has 166 valence electrons. The number of alkyl halides is 3. The Labute approximate surface area is 178 Å². The van der Waals surface area contributed by atoms with Crippen molar-refractivity contribution in [2.45, 2.75) is 38.3 Å². The number of aldehydes is 1. The van der Waals surface area contributed by atoms with E-state index in [-0.39, 0.29) is 18.8 Å². The van der Waals surface area contributed by atoms with Gasteiger partial charge in [0.05, 0.1) is 11.4 Å². The molecule has 0 bridgehead atoms. The highest BCUT2D eigenvalue weighted by atomic mass is 19.4. The van der Waals surface area contributed by atoms with Crippen LogP contribution in [0.2, 0.25) is 0 Å². The third-order valence-corrected chi connectivity index (χ3v) is 5.66. The summed E-state index contributed by atoms with van der Waals surface area (Å²) in [5.74, 6) is 1.47. The highest BCUT2D eigenvalue weighted by Crippen LogP contribution is 2.36. The molecule has 1 saturated heterocycles. The maximum Gasteiger partial charge on any atom is 0.389 e. The Hall–Kier alpha value is -2.84. The zero-order valence-corrected chi connectivity index (χ0v) is 17.1. The molecular formula is C22H25F3N4O2. The van der Waals surface area contributed by atoms with Crippen LogP contribution in [-0.2, 0) is 11.2 Å². The normalized spacial score (nSPS) is 16.9. The zero-order chi connectivity index (χ0) is 21.8. The molecule has 2 aliphatic heterocycles. The molecule has 0 saturated carbocycles. The lowest BCUT2D eigenvalue weighted by atomic mass is 9.98. The molecule has 31 heavy (non-hydrogen) atoms. The van der Waals surface area contributed by atoms with E-state index >= 15 is 0 Å².